The molecule has 1 aromatic carbocycles. The molecular formula is C13H6F4N2O4. The van der Waals surface area contributed by atoms with Gasteiger partial charge in [-0.2, -0.15) is 13.2 Å². The third-order valence-corrected chi connectivity index (χ3v) is 2.61. The van der Waals surface area contributed by atoms with Crippen LogP contribution in [0.2, 0.25) is 0 Å². The Morgan fingerprint density at radius 1 is 1.22 bits per heavy atom. The molecule has 0 aliphatic heterocycles. The van der Waals surface area contributed by atoms with Crippen LogP contribution in [-0.2, 0) is 6.18 Å². The van der Waals surface area contributed by atoms with E-state index in [2.05, 4.69) is 9.72 Å². The first kappa shape index (κ1) is 16.3. The molecule has 120 valence electrons. The van der Waals surface area contributed by atoms with Crippen LogP contribution in [0.25, 0.3) is 0 Å². The fourth-order valence-electron chi connectivity index (χ4n) is 1.56. The number of halogens is 4. The molecule has 23 heavy (non-hydrogen) atoms. The summed E-state index contributed by atoms with van der Waals surface area (Å²) in [5.41, 5.74) is -2.26. The number of carbonyl (C=O) groups is 1. The van der Waals surface area contributed by atoms with Gasteiger partial charge in [-0.25, -0.2) is 9.18 Å². The lowest BCUT2D eigenvalue weighted by molar-refractivity contribution is -0.385. The molecule has 0 N–H and O–H groups in total. The topological polar surface area (TPSA) is 82.3 Å². The molecule has 6 nitrogen and oxygen atoms in total. The minimum absolute atomic E-state index is 0.378. The Morgan fingerprint density at radius 3 is 2.43 bits per heavy atom. The molecule has 2 aromatic rings. The maximum atomic E-state index is 13.1. The van der Waals surface area contributed by atoms with E-state index in [-0.39, 0.29) is 5.56 Å². The lowest BCUT2D eigenvalue weighted by atomic mass is 10.2. The predicted molar refractivity (Wildman–Crippen MR) is 67.3 cm³/mol. The van der Waals surface area contributed by atoms with Gasteiger partial charge in [0, 0.05) is 18.3 Å². The number of nitro benzene ring substituents is 1. The van der Waals surface area contributed by atoms with Crippen LogP contribution in [-0.4, -0.2) is 15.9 Å². The Morgan fingerprint density at radius 2 is 1.91 bits per heavy atom. The van der Waals surface area contributed by atoms with E-state index in [1.54, 1.807) is 0 Å². The zero-order valence-electron chi connectivity index (χ0n) is 11.0. The Bertz CT molecular complexity index is 760. The zero-order chi connectivity index (χ0) is 17.2. The average Bonchev–Trinajstić information content (AvgIpc) is 2.46. The van der Waals surface area contributed by atoms with Crippen molar-refractivity contribution in [1.82, 2.24) is 4.98 Å². The van der Waals surface area contributed by atoms with Crippen molar-refractivity contribution in [2.45, 2.75) is 6.18 Å². The first-order valence-corrected chi connectivity index (χ1v) is 5.88. The maximum Gasteiger partial charge on any atom is 0.433 e. The molecule has 0 atom stereocenters. The number of benzene rings is 1. The molecule has 1 aromatic heterocycles. The first-order chi connectivity index (χ1) is 10.7. The average molecular weight is 330 g/mol. The predicted octanol–water partition coefficient (Wildman–Crippen LogP) is 3.37. The van der Waals surface area contributed by atoms with Crippen LogP contribution in [0.3, 0.4) is 0 Å². The molecule has 0 saturated heterocycles. The SMILES string of the molecule is O=C(Oc1cc(F)ccc1[N+](=O)[O-])c1ccc(C(F)(F)F)nc1. The molecule has 0 aliphatic carbocycles. The summed E-state index contributed by atoms with van der Waals surface area (Å²) in [6.07, 6.45) is -4.07. The second-order valence-corrected chi connectivity index (χ2v) is 4.19. The van der Waals surface area contributed by atoms with Crippen molar-refractivity contribution in [2.75, 3.05) is 0 Å². The van der Waals surface area contributed by atoms with Crippen molar-refractivity contribution in [3.05, 3.63) is 63.7 Å². The normalized spacial score (nSPS) is 11.1. The van der Waals surface area contributed by atoms with Gasteiger partial charge in [0.2, 0.25) is 5.75 Å². The van der Waals surface area contributed by atoms with Gasteiger partial charge in [-0.15, -0.1) is 0 Å². The fourth-order valence-corrected chi connectivity index (χ4v) is 1.56. The van der Waals surface area contributed by atoms with Crippen molar-refractivity contribution in [3.8, 4) is 5.75 Å². The van der Waals surface area contributed by atoms with Gasteiger partial charge >= 0.3 is 17.8 Å². The lowest BCUT2D eigenvalue weighted by Gasteiger charge is -2.07. The van der Waals surface area contributed by atoms with E-state index in [0.717, 1.165) is 18.2 Å². The molecule has 1 heterocycles. The minimum atomic E-state index is -4.68. The summed E-state index contributed by atoms with van der Waals surface area (Å²) < 4.78 is 54.8. The number of ether oxygens (including phenoxy) is 1. The van der Waals surface area contributed by atoms with Gasteiger partial charge in [-0.05, 0) is 18.2 Å². The number of hydrogen-bond acceptors (Lipinski definition) is 5. The number of aromatic nitrogens is 1. The van der Waals surface area contributed by atoms with Gasteiger partial charge in [0.15, 0.2) is 0 Å². The monoisotopic (exact) mass is 330 g/mol. The summed E-state index contributed by atoms with van der Waals surface area (Å²) in [6, 6.07) is 3.56. The highest BCUT2D eigenvalue weighted by Crippen LogP contribution is 2.29. The van der Waals surface area contributed by atoms with Gasteiger partial charge in [-0.3, -0.25) is 15.1 Å². The minimum Gasteiger partial charge on any atom is -0.415 e. The smallest absolute Gasteiger partial charge is 0.415 e. The number of nitro groups is 1. The Labute approximate surface area is 125 Å². The van der Waals surface area contributed by atoms with Gasteiger partial charge in [0.1, 0.15) is 11.5 Å². The maximum absolute atomic E-state index is 13.1. The van der Waals surface area contributed by atoms with Gasteiger partial charge in [-0.1, -0.05) is 0 Å². The molecule has 2 rings (SSSR count). The molecule has 0 saturated carbocycles. The number of hydrogen-bond donors (Lipinski definition) is 0. The van der Waals surface area contributed by atoms with Crippen LogP contribution in [0.15, 0.2) is 36.5 Å². The summed E-state index contributed by atoms with van der Waals surface area (Å²) in [6.45, 7) is 0. The number of carbonyl (C=O) groups excluding carboxylic acids is 1. The van der Waals surface area contributed by atoms with E-state index < -0.39 is 40.0 Å². The van der Waals surface area contributed by atoms with Crippen LogP contribution in [0.1, 0.15) is 16.1 Å². The quantitative estimate of drug-likeness (QED) is 0.283. The molecule has 0 bridgehead atoms. The molecule has 10 heteroatoms. The van der Waals surface area contributed by atoms with E-state index in [9.17, 15) is 32.5 Å². The lowest BCUT2D eigenvalue weighted by Crippen LogP contribution is -2.13. The summed E-state index contributed by atoms with van der Waals surface area (Å²) in [7, 11) is 0. The van der Waals surface area contributed by atoms with Crippen LogP contribution in [0.5, 0.6) is 5.75 Å². The second kappa shape index (κ2) is 5.99. The molecule has 0 spiro atoms. The van der Waals surface area contributed by atoms with Crippen molar-refractivity contribution in [2.24, 2.45) is 0 Å². The fraction of sp³-hybridized carbons (Fsp3) is 0.0769. The van der Waals surface area contributed by atoms with E-state index in [4.69, 9.17) is 0 Å². The van der Waals surface area contributed by atoms with Crippen LogP contribution in [0, 0.1) is 15.9 Å². The number of rotatable bonds is 3. The van der Waals surface area contributed by atoms with Crippen molar-refractivity contribution >= 4 is 11.7 Å². The highest BCUT2D eigenvalue weighted by molar-refractivity contribution is 5.91. The molecular weight excluding hydrogens is 324 g/mol. The first-order valence-electron chi connectivity index (χ1n) is 5.88. The molecule has 0 radical (unpaired) electrons. The standard InChI is InChI=1S/C13H6F4N2O4/c14-8-2-3-9(19(21)22)10(5-8)23-12(20)7-1-4-11(18-6-7)13(15,16)17/h1-6H. The summed E-state index contributed by atoms with van der Waals surface area (Å²) >= 11 is 0. The zero-order valence-corrected chi connectivity index (χ0v) is 11.0. The van der Waals surface area contributed by atoms with Crippen LogP contribution >= 0.6 is 0 Å². The van der Waals surface area contributed by atoms with Crippen molar-refractivity contribution in [3.63, 3.8) is 0 Å². The third kappa shape index (κ3) is 3.78. The summed E-state index contributed by atoms with van der Waals surface area (Å²) in [4.78, 5) is 24.7. The van der Waals surface area contributed by atoms with E-state index in [1.807, 2.05) is 0 Å². The van der Waals surface area contributed by atoms with E-state index in [1.165, 1.54) is 0 Å². The Hall–Kier alpha value is -3.04. The Kier molecular flexibility index (Phi) is 4.25. The Balaban J connectivity index is 2.26. The molecule has 0 amide bonds. The van der Waals surface area contributed by atoms with Gasteiger partial charge < -0.3 is 4.74 Å². The highest BCUT2D eigenvalue weighted by Gasteiger charge is 2.32. The number of nitrogens with zero attached hydrogens (tertiary/aromatic N) is 2. The number of alkyl halides is 3. The highest BCUT2D eigenvalue weighted by atomic mass is 19.4. The largest absolute Gasteiger partial charge is 0.433 e. The van der Waals surface area contributed by atoms with Crippen molar-refractivity contribution in [1.29, 1.82) is 0 Å². The molecule has 0 unspecified atom stereocenters. The van der Waals surface area contributed by atoms with Crippen LogP contribution in [0.4, 0.5) is 23.2 Å². The third-order valence-electron chi connectivity index (χ3n) is 2.61. The summed E-state index contributed by atoms with van der Waals surface area (Å²) in [5, 5.41) is 10.8. The number of pyridine rings is 1. The van der Waals surface area contributed by atoms with E-state index >= 15 is 0 Å². The van der Waals surface area contributed by atoms with Crippen LogP contribution < -0.4 is 4.74 Å². The van der Waals surface area contributed by atoms with Crippen molar-refractivity contribution < 1.29 is 32.0 Å². The molecule has 0 fully saturated rings. The van der Waals surface area contributed by atoms with Gasteiger partial charge in [0.25, 0.3) is 0 Å². The van der Waals surface area contributed by atoms with E-state index in [0.29, 0.717) is 18.3 Å². The second-order valence-electron chi connectivity index (χ2n) is 4.19. The number of esters is 1. The summed E-state index contributed by atoms with van der Waals surface area (Å²) in [5.74, 6) is -2.76. The van der Waals surface area contributed by atoms with Gasteiger partial charge in [0.05, 0.1) is 10.5 Å². The molecule has 0 aliphatic rings.